The fraction of sp³-hybridized carbons (Fsp3) is 0.0800. The minimum absolute atomic E-state index is 0.0740. The van der Waals surface area contributed by atoms with Crippen molar-refractivity contribution in [3.8, 4) is 22.6 Å². The van der Waals surface area contributed by atoms with Crippen molar-refractivity contribution in [1.82, 2.24) is 4.98 Å². The number of amides is 1. The summed E-state index contributed by atoms with van der Waals surface area (Å²) in [6, 6.07) is 26.8. The predicted octanol–water partition coefficient (Wildman–Crippen LogP) is 4.73. The molecule has 3 aromatic carbocycles. The first-order valence-corrected chi connectivity index (χ1v) is 9.78. The van der Waals surface area contributed by atoms with Crippen LogP contribution in [0.4, 0.5) is 5.69 Å². The van der Waals surface area contributed by atoms with Crippen LogP contribution in [0.5, 0.6) is 0 Å². The van der Waals surface area contributed by atoms with E-state index in [9.17, 15) is 9.59 Å². The Labute approximate surface area is 179 Å². The fourth-order valence-corrected chi connectivity index (χ4v) is 3.02. The van der Waals surface area contributed by atoms with Gasteiger partial charge < -0.3 is 14.5 Å². The van der Waals surface area contributed by atoms with Gasteiger partial charge in [0, 0.05) is 11.3 Å². The predicted molar refractivity (Wildman–Crippen MR) is 117 cm³/mol. The van der Waals surface area contributed by atoms with Crippen LogP contribution in [0, 0.1) is 0 Å². The Balaban J connectivity index is 1.25. The number of nitrogens with zero attached hydrogens (tertiary/aromatic N) is 1. The lowest BCUT2D eigenvalue weighted by Crippen LogP contribution is -2.21. The highest BCUT2D eigenvalue weighted by atomic mass is 16.5. The van der Waals surface area contributed by atoms with Gasteiger partial charge in [-0.15, -0.1) is 0 Å². The van der Waals surface area contributed by atoms with E-state index in [1.165, 1.54) is 6.26 Å². The van der Waals surface area contributed by atoms with Crippen LogP contribution in [0.1, 0.15) is 5.69 Å². The van der Waals surface area contributed by atoms with E-state index in [1.54, 1.807) is 0 Å². The van der Waals surface area contributed by atoms with Gasteiger partial charge in [-0.2, -0.15) is 0 Å². The lowest BCUT2D eigenvalue weighted by molar-refractivity contribution is -0.146. The highest BCUT2D eigenvalue weighted by Gasteiger charge is 2.13. The van der Waals surface area contributed by atoms with Gasteiger partial charge in [0.1, 0.15) is 6.26 Å². The second-order valence-electron chi connectivity index (χ2n) is 6.84. The molecule has 0 aliphatic carbocycles. The topological polar surface area (TPSA) is 81.4 Å². The third-order valence-electron chi connectivity index (χ3n) is 4.54. The number of carbonyl (C=O) groups excluding carboxylic acids is 2. The quantitative estimate of drug-likeness (QED) is 0.444. The van der Waals surface area contributed by atoms with Crippen molar-refractivity contribution in [2.45, 2.75) is 6.42 Å². The zero-order valence-electron chi connectivity index (χ0n) is 16.7. The molecule has 0 atom stereocenters. The number of aromatic nitrogens is 1. The first-order valence-electron chi connectivity index (χ1n) is 9.78. The smallest absolute Gasteiger partial charge is 0.312 e. The molecule has 0 fully saturated rings. The molecule has 0 saturated heterocycles. The van der Waals surface area contributed by atoms with E-state index >= 15 is 0 Å². The Morgan fingerprint density at radius 3 is 2.10 bits per heavy atom. The molecule has 0 aliphatic rings. The van der Waals surface area contributed by atoms with E-state index in [0.717, 1.165) is 16.7 Å². The Kier molecular flexibility index (Phi) is 6.18. The first-order chi connectivity index (χ1) is 15.2. The van der Waals surface area contributed by atoms with Crippen LogP contribution in [0.2, 0.25) is 0 Å². The first kappa shape index (κ1) is 20.1. The minimum Gasteiger partial charge on any atom is -0.455 e. The molecular weight excluding hydrogens is 392 g/mol. The summed E-state index contributed by atoms with van der Waals surface area (Å²) in [5.74, 6) is -0.534. The standard InChI is InChI=1S/C25H20N2O4/c28-23(26-21-13-11-19(12-14-21)18-7-3-1-4-8-18)17-30-24(29)15-22-16-31-25(27-22)20-9-5-2-6-10-20/h1-14,16H,15,17H2,(H,26,28). The van der Waals surface area contributed by atoms with E-state index in [-0.39, 0.29) is 13.0 Å². The van der Waals surface area contributed by atoms with Gasteiger partial charge in [0.25, 0.3) is 5.91 Å². The summed E-state index contributed by atoms with van der Waals surface area (Å²) < 4.78 is 10.5. The number of anilines is 1. The summed E-state index contributed by atoms with van der Waals surface area (Å²) in [6.07, 6.45) is 1.34. The van der Waals surface area contributed by atoms with Crippen molar-refractivity contribution in [3.63, 3.8) is 0 Å². The number of hydrogen-bond donors (Lipinski definition) is 1. The number of hydrogen-bond acceptors (Lipinski definition) is 5. The summed E-state index contributed by atoms with van der Waals surface area (Å²) in [4.78, 5) is 28.4. The monoisotopic (exact) mass is 412 g/mol. The maximum atomic E-state index is 12.1. The van der Waals surface area contributed by atoms with Crippen LogP contribution >= 0.6 is 0 Å². The second-order valence-corrected chi connectivity index (χ2v) is 6.84. The average Bonchev–Trinajstić information content (AvgIpc) is 3.28. The Bertz CT molecular complexity index is 1150. The Morgan fingerprint density at radius 1 is 0.806 bits per heavy atom. The van der Waals surface area contributed by atoms with Crippen LogP contribution in [-0.2, 0) is 20.7 Å². The van der Waals surface area contributed by atoms with E-state index < -0.39 is 11.9 Å². The van der Waals surface area contributed by atoms with Crippen molar-refractivity contribution in [1.29, 1.82) is 0 Å². The molecule has 4 rings (SSSR count). The third-order valence-corrected chi connectivity index (χ3v) is 4.54. The van der Waals surface area contributed by atoms with Crippen LogP contribution in [0.15, 0.2) is 95.6 Å². The molecule has 6 heteroatoms. The molecule has 0 radical (unpaired) electrons. The molecule has 154 valence electrons. The summed E-state index contributed by atoms with van der Waals surface area (Å²) >= 11 is 0. The summed E-state index contributed by atoms with van der Waals surface area (Å²) in [5, 5.41) is 2.72. The highest BCUT2D eigenvalue weighted by molar-refractivity contribution is 5.93. The van der Waals surface area contributed by atoms with Crippen molar-refractivity contribution in [2.24, 2.45) is 0 Å². The van der Waals surface area contributed by atoms with Crippen LogP contribution in [-0.4, -0.2) is 23.5 Å². The normalized spacial score (nSPS) is 10.5. The molecule has 31 heavy (non-hydrogen) atoms. The molecule has 0 unspecified atom stereocenters. The number of oxazole rings is 1. The molecule has 0 aliphatic heterocycles. The fourth-order valence-electron chi connectivity index (χ4n) is 3.02. The highest BCUT2D eigenvalue weighted by Crippen LogP contribution is 2.21. The molecule has 4 aromatic rings. The SMILES string of the molecule is O=C(COC(=O)Cc1coc(-c2ccccc2)n1)Nc1ccc(-c2ccccc2)cc1. The number of ether oxygens (including phenoxy) is 1. The van der Waals surface area contributed by atoms with Gasteiger partial charge in [0.15, 0.2) is 6.61 Å². The summed E-state index contributed by atoms with van der Waals surface area (Å²) in [6.45, 7) is -0.372. The average molecular weight is 412 g/mol. The Hall–Kier alpha value is -4.19. The maximum absolute atomic E-state index is 12.1. The molecule has 1 N–H and O–H groups in total. The lowest BCUT2D eigenvalue weighted by atomic mass is 10.1. The number of rotatable bonds is 7. The lowest BCUT2D eigenvalue weighted by Gasteiger charge is -2.07. The van der Waals surface area contributed by atoms with Crippen molar-refractivity contribution in [2.75, 3.05) is 11.9 Å². The van der Waals surface area contributed by atoms with Crippen LogP contribution in [0.3, 0.4) is 0 Å². The number of esters is 1. The Morgan fingerprint density at radius 2 is 1.42 bits per heavy atom. The van der Waals surface area contributed by atoms with Gasteiger partial charge in [-0.3, -0.25) is 9.59 Å². The molecule has 1 amide bonds. The van der Waals surface area contributed by atoms with E-state index in [1.807, 2.05) is 84.9 Å². The third kappa shape index (κ3) is 5.45. The number of benzene rings is 3. The van der Waals surface area contributed by atoms with Gasteiger partial charge in [0.2, 0.25) is 5.89 Å². The molecule has 0 spiro atoms. The van der Waals surface area contributed by atoms with Crippen molar-refractivity contribution in [3.05, 3.63) is 96.9 Å². The molecule has 1 heterocycles. The number of nitrogens with one attached hydrogen (secondary N) is 1. The van der Waals surface area contributed by atoms with E-state index in [2.05, 4.69) is 10.3 Å². The number of carbonyl (C=O) groups is 2. The van der Waals surface area contributed by atoms with Gasteiger partial charge in [-0.05, 0) is 35.4 Å². The largest absolute Gasteiger partial charge is 0.455 e. The maximum Gasteiger partial charge on any atom is 0.312 e. The van der Waals surface area contributed by atoms with E-state index in [4.69, 9.17) is 9.15 Å². The molecule has 1 aromatic heterocycles. The van der Waals surface area contributed by atoms with Gasteiger partial charge in [-0.1, -0.05) is 60.7 Å². The van der Waals surface area contributed by atoms with Crippen LogP contribution < -0.4 is 5.32 Å². The summed E-state index contributed by atoms with van der Waals surface area (Å²) in [5.41, 5.74) is 4.04. The van der Waals surface area contributed by atoms with Crippen molar-refractivity contribution < 1.29 is 18.7 Å². The molecule has 0 bridgehead atoms. The zero-order chi connectivity index (χ0) is 21.5. The van der Waals surface area contributed by atoms with Gasteiger partial charge in [-0.25, -0.2) is 4.98 Å². The molecule has 6 nitrogen and oxygen atoms in total. The molecule has 0 saturated carbocycles. The van der Waals surface area contributed by atoms with Crippen LogP contribution in [0.25, 0.3) is 22.6 Å². The van der Waals surface area contributed by atoms with E-state index in [0.29, 0.717) is 17.3 Å². The minimum atomic E-state index is -0.553. The van der Waals surface area contributed by atoms with Gasteiger partial charge in [0.05, 0.1) is 12.1 Å². The van der Waals surface area contributed by atoms with Gasteiger partial charge >= 0.3 is 5.97 Å². The second kappa shape index (κ2) is 9.54. The molecular formula is C25H20N2O4. The van der Waals surface area contributed by atoms with Crippen molar-refractivity contribution >= 4 is 17.6 Å². The zero-order valence-corrected chi connectivity index (χ0v) is 16.7. The summed E-state index contributed by atoms with van der Waals surface area (Å²) in [7, 11) is 0.